The van der Waals surface area contributed by atoms with Crippen molar-refractivity contribution >= 4 is 17.7 Å². The van der Waals surface area contributed by atoms with Crippen LogP contribution in [0.5, 0.6) is 5.75 Å². The number of nitrogens with zero attached hydrogens (tertiary/aromatic N) is 1. The first-order valence-electron chi connectivity index (χ1n) is 7.34. The van der Waals surface area contributed by atoms with E-state index in [0.717, 1.165) is 24.3 Å². The molecule has 1 amide bonds. The molecule has 0 saturated carbocycles. The molecule has 2 rings (SSSR count). The van der Waals surface area contributed by atoms with Crippen LogP contribution in [-0.2, 0) is 11.0 Å². The summed E-state index contributed by atoms with van der Waals surface area (Å²) < 4.78 is 66.5. The van der Waals surface area contributed by atoms with Crippen molar-refractivity contribution < 1.29 is 31.5 Å². The Balaban J connectivity index is 2.16. The average molecular weight is 382 g/mol. The van der Waals surface area contributed by atoms with Gasteiger partial charge >= 0.3 is 12.8 Å². The van der Waals surface area contributed by atoms with Gasteiger partial charge < -0.3 is 10.1 Å². The molecule has 1 N–H and O–H groups in total. The van der Waals surface area contributed by atoms with Crippen LogP contribution in [0.15, 0.2) is 54.1 Å². The maximum absolute atomic E-state index is 12.7. The molecule has 0 aromatic heterocycles. The summed E-state index contributed by atoms with van der Waals surface area (Å²) in [5.74, 6) is -1.01. The molecule has 2 aromatic carbocycles. The predicted octanol–water partition coefficient (Wildman–Crippen LogP) is 4.85. The van der Waals surface area contributed by atoms with Crippen LogP contribution < -0.4 is 10.1 Å². The van der Waals surface area contributed by atoms with E-state index in [0.29, 0.717) is 5.56 Å². The van der Waals surface area contributed by atoms with Crippen LogP contribution in [0.2, 0.25) is 0 Å². The summed E-state index contributed by atoms with van der Waals surface area (Å²) in [5.41, 5.74) is -1.11. The number of hydrogen-bond acceptors (Lipinski definition) is 3. The second-order valence-corrected chi connectivity index (χ2v) is 5.15. The summed E-state index contributed by atoms with van der Waals surface area (Å²) >= 11 is 0. The Morgan fingerprint density at radius 1 is 1.15 bits per heavy atom. The fraction of sp³-hybridized carbons (Fsp3) is 0.111. The number of amides is 1. The zero-order valence-corrected chi connectivity index (χ0v) is 13.4. The van der Waals surface area contributed by atoms with Gasteiger partial charge in [-0.2, -0.15) is 27.2 Å². The third-order valence-electron chi connectivity index (χ3n) is 3.23. The van der Waals surface area contributed by atoms with Crippen LogP contribution in [0.4, 0.5) is 27.6 Å². The van der Waals surface area contributed by atoms with Crippen molar-refractivity contribution in [3.05, 3.63) is 65.2 Å². The van der Waals surface area contributed by atoms with E-state index in [1.165, 1.54) is 30.3 Å². The molecular formula is C18H11F5N2O2. The highest BCUT2D eigenvalue weighted by atomic mass is 19.4. The second-order valence-electron chi connectivity index (χ2n) is 5.15. The molecule has 9 heteroatoms. The quantitative estimate of drug-likeness (QED) is 0.457. The van der Waals surface area contributed by atoms with Gasteiger partial charge in [0.2, 0.25) is 0 Å². The molecule has 0 aliphatic rings. The number of nitrogens with one attached hydrogen (secondary N) is 1. The van der Waals surface area contributed by atoms with Crippen molar-refractivity contribution in [2.45, 2.75) is 12.8 Å². The van der Waals surface area contributed by atoms with Gasteiger partial charge in [-0.05, 0) is 42.0 Å². The SMILES string of the molecule is N#C/C(=C/c1ccc(OC(F)F)cc1)C(=O)Nc1cccc(C(F)(F)F)c1. The number of alkyl halides is 5. The van der Waals surface area contributed by atoms with Crippen LogP contribution in [0.3, 0.4) is 0 Å². The molecule has 0 aliphatic heterocycles. The molecule has 0 heterocycles. The van der Waals surface area contributed by atoms with E-state index in [2.05, 4.69) is 10.1 Å². The topological polar surface area (TPSA) is 62.1 Å². The molecule has 0 atom stereocenters. The number of benzene rings is 2. The summed E-state index contributed by atoms with van der Waals surface area (Å²) in [7, 11) is 0. The smallest absolute Gasteiger partial charge is 0.416 e. The van der Waals surface area contributed by atoms with Gasteiger partial charge in [0, 0.05) is 5.69 Å². The van der Waals surface area contributed by atoms with Gasteiger partial charge in [0.25, 0.3) is 5.91 Å². The molecule has 0 fully saturated rings. The third kappa shape index (κ3) is 5.81. The van der Waals surface area contributed by atoms with Crippen LogP contribution in [0.1, 0.15) is 11.1 Å². The highest BCUT2D eigenvalue weighted by molar-refractivity contribution is 6.09. The van der Waals surface area contributed by atoms with Crippen molar-refractivity contribution in [2.24, 2.45) is 0 Å². The van der Waals surface area contributed by atoms with E-state index < -0.39 is 24.3 Å². The first-order chi connectivity index (χ1) is 12.7. The standard InChI is InChI=1S/C18H11F5N2O2/c19-17(20)27-15-6-4-11(5-7-15)8-12(10-24)16(26)25-14-3-1-2-13(9-14)18(21,22)23/h1-9,17H,(H,25,26)/b12-8-. The number of carbonyl (C=O) groups is 1. The van der Waals surface area contributed by atoms with Gasteiger partial charge in [-0.15, -0.1) is 0 Å². The van der Waals surface area contributed by atoms with Crippen LogP contribution >= 0.6 is 0 Å². The van der Waals surface area contributed by atoms with E-state index in [1.807, 2.05) is 0 Å². The van der Waals surface area contributed by atoms with Crippen molar-refractivity contribution in [3.63, 3.8) is 0 Å². The van der Waals surface area contributed by atoms with Gasteiger partial charge in [-0.25, -0.2) is 0 Å². The number of hydrogen-bond donors (Lipinski definition) is 1. The lowest BCUT2D eigenvalue weighted by Gasteiger charge is -2.09. The van der Waals surface area contributed by atoms with Gasteiger partial charge in [0.1, 0.15) is 17.4 Å². The molecule has 0 bridgehead atoms. The minimum Gasteiger partial charge on any atom is -0.435 e. The third-order valence-corrected chi connectivity index (χ3v) is 3.23. The van der Waals surface area contributed by atoms with Crippen molar-refractivity contribution in [1.29, 1.82) is 5.26 Å². The lowest BCUT2D eigenvalue weighted by atomic mass is 10.1. The largest absolute Gasteiger partial charge is 0.435 e. The molecule has 4 nitrogen and oxygen atoms in total. The van der Waals surface area contributed by atoms with E-state index >= 15 is 0 Å². The molecule has 140 valence electrons. The van der Waals surface area contributed by atoms with E-state index in [1.54, 1.807) is 6.07 Å². The number of carbonyl (C=O) groups excluding carboxylic acids is 1. The van der Waals surface area contributed by atoms with Gasteiger partial charge in [-0.1, -0.05) is 18.2 Å². The molecule has 0 unspecified atom stereocenters. The molecule has 0 aliphatic carbocycles. The molecule has 0 spiro atoms. The lowest BCUT2D eigenvalue weighted by molar-refractivity contribution is -0.137. The lowest BCUT2D eigenvalue weighted by Crippen LogP contribution is -2.14. The van der Waals surface area contributed by atoms with E-state index in [4.69, 9.17) is 5.26 Å². The van der Waals surface area contributed by atoms with E-state index in [-0.39, 0.29) is 17.0 Å². The number of rotatable bonds is 5. The minimum absolute atomic E-state index is 0.103. The Hall–Kier alpha value is -3.41. The van der Waals surface area contributed by atoms with Crippen LogP contribution in [-0.4, -0.2) is 12.5 Å². The average Bonchev–Trinajstić information content (AvgIpc) is 2.60. The summed E-state index contributed by atoms with van der Waals surface area (Å²) in [6.45, 7) is -2.99. The van der Waals surface area contributed by atoms with Crippen LogP contribution in [0, 0.1) is 11.3 Å². The second kappa shape index (κ2) is 8.31. The van der Waals surface area contributed by atoms with E-state index in [9.17, 15) is 26.7 Å². The maximum atomic E-state index is 12.7. The maximum Gasteiger partial charge on any atom is 0.416 e. The van der Waals surface area contributed by atoms with Gasteiger partial charge in [0.05, 0.1) is 5.56 Å². The summed E-state index contributed by atoms with van der Waals surface area (Å²) in [4.78, 5) is 12.1. The Morgan fingerprint density at radius 2 is 1.81 bits per heavy atom. The van der Waals surface area contributed by atoms with Gasteiger partial charge in [0.15, 0.2) is 0 Å². The highest BCUT2D eigenvalue weighted by Crippen LogP contribution is 2.30. The highest BCUT2D eigenvalue weighted by Gasteiger charge is 2.30. The first kappa shape index (κ1) is 19.9. The monoisotopic (exact) mass is 382 g/mol. The summed E-state index contributed by atoms with van der Waals surface area (Å²) in [6, 6.07) is 10.7. The minimum atomic E-state index is -4.57. The first-order valence-corrected chi connectivity index (χ1v) is 7.34. The Morgan fingerprint density at radius 3 is 2.37 bits per heavy atom. The Kier molecular flexibility index (Phi) is 6.13. The number of anilines is 1. The fourth-order valence-electron chi connectivity index (χ4n) is 2.03. The summed E-state index contributed by atoms with van der Waals surface area (Å²) in [6.07, 6.45) is -3.41. The fourth-order valence-corrected chi connectivity index (χ4v) is 2.03. The molecular weight excluding hydrogens is 371 g/mol. The predicted molar refractivity (Wildman–Crippen MR) is 86.7 cm³/mol. The Labute approximate surface area is 150 Å². The number of nitriles is 1. The molecule has 27 heavy (non-hydrogen) atoms. The zero-order valence-electron chi connectivity index (χ0n) is 13.4. The molecule has 0 saturated heterocycles. The number of ether oxygens (including phenoxy) is 1. The Bertz CT molecular complexity index is 884. The van der Waals surface area contributed by atoms with Crippen molar-refractivity contribution in [1.82, 2.24) is 0 Å². The normalized spacial score (nSPS) is 11.8. The van der Waals surface area contributed by atoms with Crippen molar-refractivity contribution in [2.75, 3.05) is 5.32 Å². The van der Waals surface area contributed by atoms with Gasteiger partial charge in [-0.3, -0.25) is 4.79 Å². The van der Waals surface area contributed by atoms with Crippen LogP contribution in [0.25, 0.3) is 6.08 Å². The van der Waals surface area contributed by atoms with Crippen molar-refractivity contribution in [3.8, 4) is 11.8 Å². The molecule has 0 radical (unpaired) electrons. The zero-order chi connectivity index (χ0) is 20.0. The summed E-state index contributed by atoms with van der Waals surface area (Å²) in [5, 5.41) is 11.3. The molecule has 2 aromatic rings. The number of halogens is 5.